The largest absolute Gasteiger partial charge is 0.361 e. The van der Waals surface area contributed by atoms with Crippen LogP contribution in [0.25, 0.3) is 0 Å². The quantitative estimate of drug-likeness (QED) is 0.679. The number of rotatable bonds is 0. The van der Waals surface area contributed by atoms with Gasteiger partial charge in [0.05, 0.1) is 16.5 Å². The Hall–Kier alpha value is -1.38. The van der Waals surface area contributed by atoms with E-state index in [4.69, 9.17) is 0 Å². The molecule has 0 aliphatic heterocycles. The Bertz CT molecular complexity index is 466. The van der Waals surface area contributed by atoms with E-state index in [1.54, 1.807) is 0 Å². The van der Waals surface area contributed by atoms with Crippen LogP contribution in [0.2, 0.25) is 0 Å². The van der Waals surface area contributed by atoms with E-state index in [2.05, 4.69) is 4.98 Å². The van der Waals surface area contributed by atoms with Crippen molar-refractivity contribution in [3.63, 3.8) is 0 Å². The van der Waals surface area contributed by atoms with Crippen molar-refractivity contribution in [2.24, 2.45) is 5.41 Å². The van der Waals surface area contributed by atoms with Crippen LogP contribution in [0.5, 0.6) is 0 Å². The van der Waals surface area contributed by atoms with E-state index in [1.807, 2.05) is 13.8 Å². The fourth-order valence-corrected chi connectivity index (χ4v) is 3.36. The first-order chi connectivity index (χ1) is 7.58. The van der Waals surface area contributed by atoms with E-state index in [1.165, 1.54) is 0 Å². The number of fused-ring (bicyclic) bond motifs is 1. The molecule has 84 valence electrons. The summed E-state index contributed by atoms with van der Waals surface area (Å²) in [7, 11) is 0. The number of carbonyl (C=O) groups excluding carboxylic acids is 2. The number of hydrogen-bond acceptors (Lipinski definition) is 2. The first kappa shape index (κ1) is 9.82. The predicted octanol–water partition coefficient (Wildman–Crippen LogP) is 2.57. The number of carbonyl (C=O) groups is 2. The van der Waals surface area contributed by atoms with Gasteiger partial charge in [-0.2, -0.15) is 0 Å². The number of aromatic amines is 1. The Labute approximate surface area is 94.2 Å². The van der Waals surface area contributed by atoms with Crippen molar-refractivity contribution >= 4 is 11.6 Å². The van der Waals surface area contributed by atoms with Gasteiger partial charge in [0.2, 0.25) is 0 Å². The number of Topliss-reactive ketones (excluding diaryl/α,β-unsaturated/α-hetero) is 2. The molecule has 3 nitrogen and oxygen atoms in total. The van der Waals surface area contributed by atoms with Crippen LogP contribution in [0.3, 0.4) is 0 Å². The Balaban J connectivity index is 2.24. The molecule has 0 bridgehead atoms. The van der Waals surface area contributed by atoms with E-state index < -0.39 is 5.41 Å². The minimum atomic E-state index is -0.671. The first-order valence-corrected chi connectivity index (χ1v) is 5.87. The molecule has 1 fully saturated rings. The second-order valence-electron chi connectivity index (χ2n) is 5.07. The van der Waals surface area contributed by atoms with Crippen molar-refractivity contribution in [3.8, 4) is 0 Å². The summed E-state index contributed by atoms with van der Waals surface area (Å²) in [6.45, 7) is 3.76. The number of H-pyrrole nitrogens is 1. The Morgan fingerprint density at radius 3 is 1.81 bits per heavy atom. The molecule has 0 unspecified atom stereocenters. The fourth-order valence-electron chi connectivity index (χ4n) is 3.36. The highest BCUT2D eigenvalue weighted by Crippen LogP contribution is 2.49. The fraction of sp³-hybridized carbons (Fsp3) is 0.538. The number of aromatic nitrogens is 1. The Morgan fingerprint density at radius 1 is 0.938 bits per heavy atom. The second-order valence-corrected chi connectivity index (χ2v) is 5.07. The lowest BCUT2D eigenvalue weighted by atomic mass is 9.81. The summed E-state index contributed by atoms with van der Waals surface area (Å²) in [6, 6.07) is 0. The lowest BCUT2D eigenvalue weighted by molar-refractivity contribution is 0.0704. The molecule has 1 N–H and O–H groups in total. The van der Waals surface area contributed by atoms with Crippen molar-refractivity contribution in [3.05, 3.63) is 22.5 Å². The summed E-state index contributed by atoms with van der Waals surface area (Å²) in [5, 5.41) is 0. The molecular formula is C13H15NO2. The summed E-state index contributed by atoms with van der Waals surface area (Å²) in [4.78, 5) is 28.0. The molecule has 1 saturated carbocycles. The predicted molar refractivity (Wildman–Crippen MR) is 59.8 cm³/mol. The molecular weight excluding hydrogens is 202 g/mol. The van der Waals surface area contributed by atoms with Crippen LogP contribution >= 0.6 is 0 Å². The van der Waals surface area contributed by atoms with E-state index in [9.17, 15) is 9.59 Å². The molecule has 0 amide bonds. The van der Waals surface area contributed by atoms with Gasteiger partial charge in [0, 0.05) is 11.4 Å². The van der Waals surface area contributed by atoms with Gasteiger partial charge in [-0.05, 0) is 26.7 Å². The minimum absolute atomic E-state index is 0.0758. The highest BCUT2D eigenvalue weighted by Gasteiger charge is 2.55. The van der Waals surface area contributed by atoms with Gasteiger partial charge in [0.15, 0.2) is 11.6 Å². The van der Waals surface area contributed by atoms with Crippen LogP contribution in [0.1, 0.15) is 57.8 Å². The number of hydrogen-bond donors (Lipinski definition) is 1. The van der Waals surface area contributed by atoms with Gasteiger partial charge in [0.25, 0.3) is 0 Å². The third-order valence-corrected chi connectivity index (χ3v) is 4.16. The molecule has 2 aliphatic carbocycles. The molecule has 16 heavy (non-hydrogen) atoms. The normalized spacial score (nSPS) is 22.1. The van der Waals surface area contributed by atoms with Crippen molar-refractivity contribution < 1.29 is 9.59 Å². The summed E-state index contributed by atoms with van der Waals surface area (Å²) < 4.78 is 0. The molecule has 0 saturated heterocycles. The van der Waals surface area contributed by atoms with Gasteiger partial charge in [0.1, 0.15) is 0 Å². The molecule has 3 rings (SSSR count). The molecule has 1 spiro atoms. The summed E-state index contributed by atoms with van der Waals surface area (Å²) >= 11 is 0. The summed E-state index contributed by atoms with van der Waals surface area (Å²) in [5.74, 6) is 0.152. The molecule has 0 radical (unpaired) electrons. The van der Waals surface area contributed by atoms with Crippen LogP contribution in [0, 0.1) is 19.3 Å². The lowest BCUT2D eigenvalue weighted by Crippen LogP contribution is -2.30. The van der Waals surface area contributed by atoms with Gasteiger partial charge in [-0.15, -0.1) is 0 Å². The highest BCUT2D eigenvalue weighted by molar-refractivity contribution is 6.30. The van der Waals surface area contributed by atoms with Crippen LogP contribution < -0.4 is 0 Å². The summed E-state index contributed by atoms with van der Waals surface area (Å²) in [6.07, 6.45) is 3.50. The Kier molecular flexibility index (Phi) is 1.74. The van der Waals surface area contributed by atoms with E-state index in [-0.39, 0.29) is 11.6 Å². The van der Waals surface area contributed by atoms with Gasteiger partial charge in [-0.1, -0.05) is 12.8 Å². The maximum Gasteiger partial charge on any atom is 0.179 e. The van der Waals surface area contributed by atoms with Crippen molar-refractivity contribution in [1.82, 2.24) is 4.98 Å². The standard InChI is InChI=1S/C13H15NO2/c1-7-9-10(8(2)14-7)12(16)13(11(9)15)5-3-4-6-13/h14H,3-6H2,1-2H3. The number of nitrogens with one attached hydrogen (secondary N) is 1. The zero-order valence-electron chi connectivity index (χ0n) is 9.64. The monoisotopic (exact) mass is 217 g/mol. The SMILES string of the molecule is Cc1[nH]c(C)c2c1C(=O)C1(CCCC1)C2=O. The summed E-state index contributed by atoms with van der Waals surface area (Å²) in [5.41, 5.74) is 2.38. The van der Waals surface area contributed by atoms with E-state index in [0.717, 1.165) is 37.1 Å². The molecule has 1 heterocycles. The second kappa shape index (κ2) is 2.84. The first-order valence-electron chi connectivity index (χ1n) is 5.87. The molecule has 3 heteroatoms. The van der Waals surface area contributed by atoms with Gasteiger partial charge >= 0.3 is 0 Å². The average Bonchev–Trinajstić information content (AvgIpc) is 2.86. The zero-order valence-corrected chi connectivity index (χ0v) is 9.64. The highest BCUT2D eigenvalue weighted by atomic mass is 16.2. The van der Waals surface area contributed by atoms with Crippen LogP contribution in [0.4, 0.5) is 0 Å². The van der Waals surface area contributed by atoms with Gasteiger partial charge in [-0.25, -0.2) is 0 Å². The maximum absolute atomic E-state index is 12.4. The third-order valence-electron chi connectivity index (χ3n) is 4.16. The van der Waals surface area contributed by atoms with E-state index in [0.29, 0.717) is 11.1 Å². The number of ketones is 2. The smallest absolute Gasteiger partial charge is 0.179 e. The molecule has 1 aromatic heterocycles. The average molecular weight is 217 g/mol. The van der Waals surface area contributed by atoms with Crippen LogP contribution in [0.15, 0.2) is 0 Å². The van der Waals surface area contributed by atoms with Crippen molar-refractivity contribution in [1.29, 1.82) is 0 Å². The van der Waals surface area contributed by atoms with Gasteiger partial charge in [-0.3, -0.25) is 9.59 Å². The lowest BCUT2D eigenvalue weighted by Gasteiger charge is -2.18. The van der Waals surface area contributed by atoms with Crippen molar-refractivity contribution in [2.45, 2.75) is 39.5 Å². The molecule has 1 aromatic rings. The molecule has 2 aliphatic rings. The molecule has 0 aromatic carbocycles. The maximum atomic E-state index is 12.4. The van der Waals surface area contributed by atoms with Crippen molar-refractivity contribution in [2.75, 3.05) is 0 Å². The number of aryl methyl sites for hydroxylation is 2. The topological polar surface area (TPSA) is 49.9 Å². The third kappa shape index (κ3) is 0.896. The van der Waals surface area contributed by atoms with E-state index >= 15 is 0 Å². The minimum Gasteiger partial charge on any atom is -0.361 e. The van der Waals surface area contributed by atoms with Gasteiger partial charge < -0.3 is 4.98 Å². The van der Waals surface area contributed by atoms with Crippen LogP contribution in [-0.4, -0.2) is 16.6 Å². The molecule has 0 atom stereocenters. The van der Waals surface area contributed by atoms with Crippen LogP contribution in [-0.2, 0) is 0 Å². The Morgan fingerprint density at radius 2 is 1.38 bits per heavy atom. The zero-order chi connectivity index (χ0) is 11.5.